The summed E-state index contributed by atoms with van der Waals surface area (Å²) in [4.78, 5) is 7.22. The molecule has 0 spiro atoms. The summed E-state index contributed by atoms with van der Waals surface area (Å²) in [6.07, 6.45) is 2.09. The van der Waals surface area contributed by atoms with Crippen LogP contribution in [0.3, 0.4) is 0 Å². The molecule has 1 saturated heterocycles. The Hall–Kier alpha value is -1.92. The monoisotopic (exact) mass is 559 g/mol. The molecule has 0 aliphatic carbocycles. The quantitative estimate of drug-likeness (QED) is 0.329. The molecule has 2 unspecified atom stereocenters. The van der Waals surface area contributed by atoms with Gasteiger partial charge in [-0.05, 0) is 64.8 Å². The molecule has 1 N–H and O–H groups in total. The molecule has 5 rings (SSSR count). The molecule has 2 heterocycles. The van der Waals surface area contributed by atoms with Gasteiger partial charge < -0.3 is 5.32 Å². The number of benzene rings is 3. The standard InChI is InChI=1S/C27H21Cl4N3S/c28-19-7-6-17(23(30)11-19)10-18-14-34(13-16-4-2-1-3-5-16)15-22-25(18)32-27(35)33-26(22)21-9-8-20(29)12-24(21)31/h1-12,22,26H,13-15H2,(H,33,35). The van der Waals surface area contributed by atoms with E-state index < -0.39 is 0 Å². The van der Waals surface area contributed by atoms with E-state index in [0.29, 0.717) is 31.7 Å². The van der Waals surface area contributed by atoms with E-state index in [2.05, 4.69) is 40.6 Å². The van der Waals surface area contributed by atoms with Crippen molar-refractivity contribution in [2.45, 2.75) is 12.6 Å². The fraction of sp³-hybridized carbons (Fsp3) is 0.185. The summed E-state index contributed by atoms with van der Waals surface area (Å²) in [7, 11) is 0. The van der Waals surface area contributed by atoms with Gasteiger partial charge in [0.25, 0.3) is 0 Å². The predicted molar refractivity (Wildman–Crippen MR) is 152 cm³/mol. The van der Waals surface area contributed by atoms with Crippen molar-refractivity contribution < 1.29 is 0 Å². The molecule has 0 saturated carbocycles. The van der Waals surface area contributed by atoms with Crippen molar-refractivity contribution in [3.63, 3.8) is 0 Å². The van der Waals surface area contributed by atoms with Gasteiger partial charge in [-0.15, -0.1) is 0 Å². The minimum atomic E-state index is -0.137. The van der Waals surface area contributed by atoms with Gasteiger partial charge in [0.1, 0.15) is 0 Å². The van der Waals surface area contributed by atoms with Crippen LogP contribution in [0.15, 0.2) is 77.3 Å². The van der Waals surface area contributed by atoms with Crippen LogP contribution >= 0.6 is 58.6 Å². The number of piperidine rings is 1. The minimum absolute atomic E-state index is 0.0233. The third-order valence-electron chi connectivity index (χ3n) is 6.27. The fourth-order valence-electron chi connectivity index (χ4n) is 4.72. The lowest BCUT2D eigenvalue weighted by molar-refractivity contribution is 0.234. The van der Waals surface area contributed by atoms with Gasteiger partial charge >= 0.3 is 0 Å². The highest BCUT2D eigenvalue weighted by Gasteiger charge is 2.39. The van der Waals surface area contributed by atoms with E-state index in [9.17, 15) is 0 Å². The van der Waals surface area contributed by atoms with E-state index >= 15 is 0 Å². The normalized spacial score (nSPS) is 21.4. The zero-order valence-electron chi connectivity index (χ0n) is 18.5. The van der Waals surface area contributed by atoms with Crippen LogP contribution < -0.4 is 5.32 Å². The van der Waals surface area contributed by atoms with Crippen molar-refractivity contribution in [2.75, 3.05) is 13.1 Å². The molecule has 3 nitrogen and oxygen atoms in total. The van der Waals surface area contributed by atoms with Crippen molar-refractivity contribution in [2.24, 2.45) is 10.9 Å². The van der Waals surface area contributed by atoms with Crippen molar-refractivity contribution >= 4 is 75.5 Å². The average Bonchev–Trinajstić information content (AvgIpc) is 2.82. The molecule has 0 bridgehead atoms. The Morgan fingerprint density at radius 3 is 2.37 bits per heavy atom. The van der Waals surface area contributed by atoms with Gasteiger partial charge in [0.05, 0.1) is 11.8 Å². The topological polar surface area (TPSA) is 27.6 Å². The summed E-state index contributed by atoms with van der Waals surface area (Å²) in [5.74, 6) is 0.0233. The maximum absolute atomic E-state index is 6.64. The Morgan fingerprint density at radius 2 is 1.66 bits per heavy atom. The summed E-state index contributed by atoms with van der Waals surface area (Å²) in [6, 6.07) is 21.4. The SMILES string of the molecule is S=C1N=C2C(=Cc3ccc(Cl)cc3Cl)CN(Cc3ccccc3)CC2C(c2ccc(Cl)cc2Cl)N1. The molecule has 3 aromatic rings. The zero-order chi connectivity index (χ0) is 24.5. The van der Waals surface area contributed by atoms with Crippen molar-refractivity contribution in [1.29, 1.82) is 0 Å². The van der Waals surface area contributed by atoms with Crippen LogP contribution in [0, 0.1) is 5.92 Å². The Kier molecular flexibility index (Phi) is 7.50. The number of fused-ring (bicyclic) bond motifs is 1. The smallest absolute Gasteiger partial charge is 0.193 e. The number of likely N-dealkylation sites (tertiary alicyclic amines) is 1. The third-order valence-corrected chi connectivity index (χ3v) is 7.61. The number of nitrogens with zero attached hydrogens (tertiary/aromatic N) is 2. The van der Waals surface area contributed by atoms with Gasteiger partial charge in [-0.25, -0.2) is 4.99 Å². The Balaban J connectivity index is 1.58. The van der Waals surface area contributed by atoms with Crippen LogP contribution in [0.4, 0.5) is 0 Å². The van der Waals surface area contributed by atoms with Crippen molar-refractivity contribution in [3.05, 3.63) is 109 Å². The van der Waals surface area contributed by atoms with Gasteiger partial charge in [0.15, 0.2) is 5.11 Å². The van der Waals surface area contributed by atoms with Crippen LogP contribution in [0.25, 0.3) is 6.08 Å². The first-order valence-corrected chi connectivity index (χ1v) is 13.1. The Morgan fingerprint density at radius 1 is 0.943 bits per heavy atom. The molecule has 0 amide bonds. The van der Waals surface area contributed by atoms with E-state index in [4.69, 9.17) is 63.6 Å². The number of hydrogen-bond donors (Lipinski definition) is 1. The van der Waals surface area contributed by atoms with Crippen molar-refractivity contribution in [1.82, 2.24) is 10.2 Å². The molecule has 35 heavy (non-hydrogen) atoms. The number of aliphatic imine (C=N–C) groups is 1. The molecule has 2 aliphatic rings. The first kappa shape index (κ1) is 24.8. The molecule has 1 fully saturated rings. The molecule has 0 radical (unpaired) electrons. The number of rotatable bonds is 4. The highest BCUT2D eigenvalue weighted by molar-refractivity contribution is 7.80. The summed E-state index contributed by atoms with van der Waals surface area (Å²) in [5.41, 5.74) is 5.11. The Bertz CT molecular complexity index is 1340. The Labute approximate surface area is 230 Å². The van der Waals surface area contributed by atoms with Crippen LogP contribution in [0.2, 0.25) is 20.1 Å². The van der Waals surface area contributed by atoms with E-state index in [1.807, 2.05) is 30.3 Å². The van der Waals surface area contributed by atoms with Gasteiger partial charge in [-0.3, -0.25) is 4.90 Å². The van der Waals surface area contributed by atoms with Gasteiger partial charge in [0.2, 0.25) is 0 Å². The number of halogens is 4. The predicted octanol–water partition coefficient (Wildman–Crippen LogP) is 7.89. The van der Waals surface area contributed by atoms with Gasteiger partial charge in [-0.2, -0.15) is 0 Å². The minimum Gasteiger partial charge on any atom is -0.353 e. The maximum Gasteiger partial charge on any atom is 0.193 e. The van der Waals surface area contributed by atoms with Gasteiger partial charge in [-0.1, -0.05) is 88.9 Å². The highest BCUT2D eigenvalue weighted by Crippen LogP contribution is 2.38. The third kappa shape index (κ3) is 5.59. The maximum atomic E-state index is 6.64. The van der Waals surface area contributed by atoms with E-state index in [1.165, 1.54) is 5.56 Å². The summed E-state index contributed by atoms with van der Waals surface area (Å²) in [6.45, 7) is 2.31. The molecule has 0 aromatic heterocycles. The molecule has 2 atom stereocenters. The first-order chi connectivity index (χ1) is 16.9. The largest absolute Gasteiger partial charge is 0.353 e. The van der Waals surface area contributed by atoms with Crippen LogP contribution in [0.5, 0.6) is 0 Å². The molecule has 8 heteroatoms. The molecule has 178 valence electrons. The second-order valence-corrected chi connectivity index (χ2v) is 10.8. The number of nitrogens with one attached hydrogen (secondary N) is 1. The van der Waals surface area contributed by atoms with E-state index in [0.717, 1.165) is 35.5 Å². The lowest BCUT2D eigenvalue weighted by atomic mass is 9.80. The molecule has 3 aromatic carbocycles. The summed E-state index contributed by atoms with van der Waals surface area (Å²) in [5, 5.41) is 6.23. The van der Waals surface area contributed by atoms with Gasteiger partial charge in [0, 0.05) is 45.6 Å². The first-order valence-electron chi connectivity index (χ1n) is 11.1. The summed E-state index contributed by atoms with van der Waals surface area (Å²) < 4.78 is 0. The lowest BCUT2D eigenvalue weighted by Crippen LogP contribution is -2.51. The molecular weight excluding hydrogens is 540 g/mol. The lowest BCUT2D eigenvalue weighted by Gasteiger charge is -2.42. The second-order valence-electron chi connectivity index (χ2n) is 8.69. The van der Waals surface area contributed by atoms with Crippen molar-refractivity contribution in [3.8, 4) is 0 Å². The number of hydrogen-bond acceptors (Lipinski definition) is 2. The van der Waals surface area contributed by atoms with Crippen LogP contribution in [0.1, 0.15) is 22.7 Å². The fourth-order valence-corrected chi connectivity index (χ4v) is 5.93. The number of thiocarbonyl (C=S) groups is 1. The van der Waals surface area contributed by atoms with Crippen LogP contribution in [-0.2, 0) is 6.54 Å². The van der Waals surface area contributed by atoms with Crippen LogP contribution in [-0.4, -0.2) is 28.8 Å². The highest BCUT2D eigenvalue weighted by atomic mass is 35.5. The zero-order valence-corrected chi connectivity index (χ0v) is 22.4. The van der Waals surface area contributed by atoms with E-state index in [-0.39, 0.29) is 12.0 Å². The van der Waals surface area contributed by atoms with E-state index in [1.54, 1.807) is 12.1 Å². The second kappa shape index (κ2) is 10.6. The molecular formula is C27H21Cl4N3S. The molecule has 2 aliphatic heterocycles. The average molecular weight is 561 g/mol. The summed E-state index contributed by atoms with van der Waals surface area (Å²) >= 11 is 31.0.